The van der Waals surface area contributed by atoms with Gasteiger partial charge in [0.15, 0.2) is 0 Å². The van der Waals surface area contributed by atoms with E-state index in [-0.39, 0.29) is 30.2 Å². The van der Waals surface area contributed by atoms with E-state index in [1.807, 2.05) is 31.3 Å². The monoisotopic (exact) mass is 346 g/mol. The smallest absolute Gasteiger partial charge is 0.227 e. The summed E-state index contributed by atoms with van der Waals surface area (Å²) in [6.07, 6.45) is 3.75. The molecule has 24 heavy (non-hydrogen) atoms. The van der Waals surface area contributed by atoms with E-state index in [9.17, 15) is 9.59 Å². The Labute approximate surface area is 145 Å². The van der Waals surface area contributed by atoms with Crippen LogP contribution in [0.1, 0.15) is 13.3 Å². The highest BCUT2D eigenvalue weighted by Gasteiger charge is 2.36. The third-order valence-corrected chi connectivity index (χ3v) is 4.37. The maximum atomic E-state index is 12.4. The molecule has 3 rings (SSSR count). The summed E-state index contributed by atoms with van der Waals surface area (Å²) in [5.74, 6) is -0.561. The summed E-state index contributed by atoms with van der Waals surface area (Å²) >= 11 is 6.16. The Kier molecular flexibility index (Phi) is 4.85. The molecular formula is C17H19ClN4O2. The molecule has 2 atom stereocenters. The van der Waals surface area contributed by atoms with Gasteiger partial charge in [-0.2, -0.15) is 5.10 Å². The van der Waals surface area contributed by atoms with Crippen molar-refractivity contribution in [1.82, 2.24) is 15.1 Å². The summed E-state index contributed by atoms with van der Waals surface area (Å²) in [7, 11) is 0. The van der Waals surface area contributed by atoms with Crippen LogP contribution < -0.4 is 10.2 Å². The predicted octanol–water partition coefficient (Wildman–Crippen LogP) is 2.09. The Morgan fingerprint density at radius 3 is 2.92 bits per heavy atom. The van der Waals surface area contributed by atoms with Gasteiger partial charge in [-0.05, 0) is 25.1 Å². The minimum Gasteiger partial charge on any atom is -0.351 e. The van der Waals surface area contributed by atoms with Crippen molar-refractivity contribution in [2.24, 2.45) is 5.92 Å². The molecular weight excluding hydrogens is 328 g/mol. The Bertz CT molecular complexity index is 732. The second-order valence-electron chi connectivity index (χ2n) is 5.99. The number of nitrogens with one attached hydrogen (secondary N) is 1. The standard InChI is InChI=1S/C17H19ClN4O2/c1-12(10-21-8-4-7-19-21)20-17(24)13-9-16(23)22(11-13)15-6-3-2-5-14(15)18/h2-8,12-13H,9-11H2,1H3,(H,20,24)/t12-,13-/m0/s1. The third kappa shape index (κ3) is 3.59. The molecule has 2 amide bonds. The van der Waals surface area contributed by atoms with Crippen LogP contribution in [0.25, 0.3) is 0 Å². The maximum Gasteiger partial charge on any atom is 0.227 e. The molecule has 1 aromatic carbocycles. The van der Waals surface area contributed by atoms with Gasteiger partial charge in [0.1, 0.15) is 0 Å². The second-order valence-corrected chi connectivity index (χ2v) is 6.40. The van der Waals surface area contributed by atoms with Gasteiger partial charge >= 0.3 is 0 Å². The first-order valence-electron chi connectivity index (χ1n) is 7.87. The van der Waals surface area contributed by atoms with E-state index >= 15 is 0 Å². The molecule has 0 bridgehead atoms. The van der Waals surface area contributed by atoms with E-state index in [4.69, 9.17) is 11.6 Å². The molecule has 126 valence electrons. The van der Waals surface area contributed by atoms with Crippen LogP contribution in [0.3, 0.4) is 0 Å². The van der Waals surface area contributed by atoms with Gasteiger partial charge in [-0.1, -0.05) is 23.7 Å². The van der Waals surface area contributed by atoms with Crippen LogP contribution in [0.2, 0.25) is 5.02 Å². The number of para-hydroxylation sites is 1. The topological polar surface area (TPSA) is 67.2 Å². The maximum absolute atomic E-state index is 12.4. The first-order chi connectivity index (χ1) is 11.5. The zero-order chi connectivity index (χ0) is 17.1. The Morgan fingerprint density at radius 1 is 1.42 bits per heavy atom. The fraction of sp³-hybridized carbons (Fsp3) is 0.353. The van der Waals surface area contributed by atoms with Crippen molar-refractivity contribution >= 4 is 29.1 Å². The highest BCUT2D eigenvalue weighted by Crippen LogP contribution is 2.31. The minimum atomic E-state index is -0.367. The fourth-order valence-electron chi connectivity index (χ4n) is 2.88. The summed E-state index contributed by atoms with van der Waals surface area (Å²) in [5, 5.41) is 7.59. The lowest BCUT2D eigenvalue weighted by atomic mass is 10.1. The first kappa shape index (κ1) is 16.5. The number of amides is 2. The van der Waals surface area contributed by atoms with Crippen molar-refractivity contribution in [1.29, 1.82) is 0 Å². The molecule has 1 N–H and O–H groups in total. The predicted molar refractivity (Wildman–Crippen MR) is 91.7 cm³/mol. The molecule has 0 saturated carbocycles. The van der Waals surface area contributed by atoms with Crippen LogP contribution in [0.4, 0.5) is 5.69 Å². The van der Waals surface area contributed by atoms with Gasteiger partial charge < -0.3 is 10.2 Å². The lowest BCUT2D eigenvalue weighted by Gasteiger charge is -2.19. The van der Waals surface area contributed by atoms with Crippen LogP contribution in [0.5, 0.6) is 0 Å². The number of halogens is 1. The van der Waals surface area contributed by atoms with Crippen molar-refractivity contribution in [3.8, 4) is 0 Å². The van der Waals surface area contributed by atoms with E-state index in [0.717, 1.165) is 0 Å². The van der Waals surface area contributed by atoms with Gasteiger partial charge in [0.25, 0.3) is 0 Å². The van der Waals surface area contributed by atoms with Crippen molar-refractivity contribution in [3.63, 3.8) is 0 Å². The lowest BCUT2D eigenvalue weighted by Crippen LogP contribution is -2.40. The lowest BCUT2D eigenvalue weighted by molar-refractivity contribution is -0.126. The van der Waals surface area contributed by atoms with Crippen LogP contribution in [-0.2, 0) is 16.1 Å². The molecule has 1 aliphatic heterocycles. The van der Waals surface area contributed by atoms with Gasteiger partial charge in [-0.15, -0.1) is 0 Å². The summed E-state index contributed by atoms with van der Waals surface area (Å²) in [5.41, 5.74) is 0.657. The number of hydrogen-bond acceptors (Lipinski definition) is 3. The van der Waals surface area contributed by atoms with Gasteiger partial charge in [0, 0.05) is 31.4 Å². The van der Waals surface area contributed by atoms with Gasteiger partial charge in [-0.3, -0.25) is 14.3 Å². The van der Waals surface area contributed by atoms with Gasteiger partial charge in [-0.25, -0.2) is 0 Å². The number of carbonyl (C=O) groups excluding carboxylic acids is 2. The van der Waals surface area contributed by atoms with E-state index in [1.165, 1.54) is 0 Å². The highest BCUT2D eigenvalue weighted by molar-refractivity contribution is 6.33. The molecule has 1 aliphatic rings. The van der Waals surface area contributed by atoms with E-state index < -0.39 is 0 Å². The molecule has 0 spiro atoms. The van der Waals surface area contributed by atoms with Crippen LogP contribution in [-0.4, -0.2) is 34.2 Å². The number of nitrogens with zero attached hydrogens (tertiary/aromatic N) is 3. The number of anilines is 1. The molecule has 1 saturated heterocycles. The molecule has 1 fully saturated rings. The number of hydrogen-bond donors (Lipinski definition) is 1. The van der Waals surface area contributed by atoms with Gasteiger partial charge in [0.2, 0.25) is 11.8 Å². The zero-order valence-electron chi connectivity index (χ0n) is 13.4. The van der Waals surface area contributed by atoms with E-state index in [2.05, 4.69) is 10.4 Å². The molecule has 0 aliphatic carbocycles. The second kappa shape index (κ2) is 7.05. The average molecular weight is 347 g/mol. The molecule has 0 radical (unpaired) electrons. The Morgan fingerprint density at radius 2 is 2.21 bits per heavy atom. The van der Waals surface area contributed by atoms with Crippen LogP contribution in [0.15, 0.2) is 42.7 Å². The zero-order valence-corrected chi connectivity index (χ0v) is 14.1. The number of aromatic nitrogens is 2. The third-order valence-electron chi connectivity index (χ3n) is 4.05. The summed E-state index contributed by atoms with van der Waals surface area (Å²) < 4.78 is 1.76. The van der Waals surface area contributed by atoms with Crippen LogP contribution in [0, 0.1) is 5.92 Å². The molecule has 1 aromatic heterocycles. The fourth-order valence-corrected chi connectivity index (χ4v) is 3.12. The van der Waals surface area contributed by atoms with E-state index in [1.54, 1.807) is 27.9 Å². The summed E-state index contributed by atoms with van der Waals surface area (Å²) in [4.78, 5) is 26.3. The SMILES string of the molecule is C[C@@H](Cn1cccn1)NC(=O)[C@H]1CC(=O)N(c2ccccc2Cl)C1. The highest BCUT2D eigenvalue weighted by atomic mass is 35.5. The molecule has 2 heterocycles. The van der Waals surface area contributed by atoms with Crippen molar-refractivity contribution < 1.29 is 9.59 Å². The normalized spacial score (nSPS) is 18.7. The van der Waals surface area contributed by atoms with E-state index in [0.29, 0.717) is 23.8 Å². The number of carbonyl (C=O) groups is 2. The Hall–Kier alpha value is -2.34. The van der Waals surface area contributed by atoms with Crippen molar-refractivity contribution in [2.45, 2.75) is 25.9 Å². The largest absolute Gasteiger partial charge is 0.351 e. The Balaban J connectivity index is 1.61. The van der Waals surface area contributed by atoms with Crippen molar-refractivity contribution in [2.75, 3.05) is 11.4 Å². The van der Waals surface area contributed by atoms with Gasteiger partial charge in [0.05, 0.1) is 23.2 Å². The summed E-state index contributed by atoms with van der Waals surface area (Å²) in [6, 6.07) is 8.94. The average Bonchev–Trinajstić information content (AvgIpc) is 3.17. The molecule has 2 aromatic rings. The van der Waals surface area contributed by atoms with Crippen LogP contribution >= 0.6 is 11.6 Å². The van der Waals surface area contributed by atoms with Crippen molar-refractivity contribution in [3.05, 3.63) is 47.7 Å². The number of rotatable bonds is 5. The molecule has 0 unspecified atom stereocenters. The summed E-state index contributed by atoms with van der Waals surface area (Å²) in [6.45, 7) is 2.86. The minimum absolute atomic E-state index is 0.0677. The molecule has 7 heteroatoms. The molecule has 6 nitrogen and oxygen atoms in total. The number of benzene rings is 1. The quantitative estimate of drug-likeness (QED) is 0.901. The first-order valence-corrected chi connectivity index (χ1v) is 8.25.